The molecule has 12 heteroatoms. The third-order valence-electron chi connectivity index (χ3n) is 3.47. The minimum Gasteiger partial charge on any atom is -0.507 e. The molecule has 0 radical (unpaired) electrons. The second-order valence-electron chi connectivity index (χ2n) is 5.05. The molecule has 0 spiro atoms. The first-order chi connectivity index (χ1) is 11.3. The predicted octanol–water partition coefficient (Wildman–Crippen LogP) is 3.85. The Hall–Kier alpha value is -2.16. The van der Waals surface area contributed by atoms with Crippen molar-refractivity contribution in [2.45, 2.75) is 24.2 Å². The van der Waals surface area contributed by atoms with Crippen molar-refractivity contribution >= 4 is 19.7 Å². The molecule has 1 unspecified atom stereocenters. The highest BCUT2D eigenvalue weighted by atomic mass is 31.2. The maximum Gasteiger partial charge on any atom is 0.446 e. The third kappa shape index (κ3) is 3.76. The SMILES string of the molecule is O=C(O)CC[C@@H](C(=O)O)C(F)(C(F)(F)c1ccccc1O)P(=O)(F)F. The molecule has 1 rings (SSSR count). The summed E-state index contributed by atoms with van der Waals surface area (Å²) in [6.45, 7) is 0. The highest BCUT2D eigenvalue weighted by Crippen LogP contribution is 2.73. The predicted molar refractivity (Wildman–Crippen MR) is 73.7 cm³/mol. The van der Waals surface area contributed by atoms with E-state index in [1.807, 2.05) is 0 Å². The summed E-state index contributed by atoms with van der Waals surface area (Å²) in [6.07, 6.45) is -2.71. The monoisotopic (exact) mass is 390 g/mol. The van der Waals surface area contributed by atoms with Crippen LogP contribution in [0.3, 0.4) is 0 Å². The lowest BCUT2D eigenvalue weighted by atomic mass is 9.89. The number of carboxylic acids is 2. The Labute approximate surface area is 137 Å². The molecule has 0 aliphatic rings. The standard InChI is InChI=1S/C13H12F5O6P/c14-12(15,7-3-1-2-4-9(7)19)13(16,25(17,18)24)8(11(22)23)5-6-10(20)21/h1-4,8,19H,5-6H2,(H,20,21)(H,22,23)/t8-,13?/m0/s1. The minimum atomic E-state index is -7.47. The van der Waals surface area contributed by atoms with E-state index in [1.165, 1.54) is 0 Å². The van der Waals surface area contributed by atoms with Crippen molar-refractivity contribution in [3.8, 4) is 5.75 Å². The van der Waals surface area contributed by atoms with Crippen LogP contribution in [0.15, 0.2) is 24.3 Å². The first kappa shape index (κ1) is 20.9. The van der Waals surface area contributed by atoms with E-state index in [4.69, 9.17) is 10.2 Å². The number of halogens is 5. The zero-order valence-corrected chi connectivity index (χ0v) is 13.1. The summed E-state index contributed by atoms with van der Waals surface area (Å²) < 4.78 is 81.8. The van der Waals surface area contributed by atoms with Gasteiger partial charge in [-0.2, -0.15) is 8.78 Å². The van der Waals surface area contributed by atoms with Crippen molar-refractivity contribution in [3.63, 3.8) is 0 Å². The van der Waals surface area contributed by atoms with Crippen molar-refractivity contribution in [1.82, 2.24) is 0 Å². The van der Waals surface area contributed by atoms with Crippen LogP contribution in [0.1, 0.15) is 18.4 Å². The number of phenolic OH excluding ortho intramolecular Hbond substituents is 1. The average Bonchev–Trinajstić information content (AvgIpc) is 2.45. The van der Waals surface area contributed by atoms with Gasteiger partial charge in [-0.15, -0.1) is 8.39 Å². The van der Waals surface area contributed by atoms with Gasteiger partial charge in [0, 0.05) is 6.42 Å². The molecule has 140 valence electrons. The molecule has 0 amide bonds. The summed E-state index contributed by atoms with van der Waals surface area (Å²) in [5.41, 5.74) is -1.70. The Kier molecular flexibility index (Phi) is 5.84. The number of rotatable bonds is 8. The van der Waals surface area contributed by atoms with Crippen LogP contribution in [0.25, 0.3) is 0 Å². The lowest BCUT2D eigenvalue weighted by Crippen LogP contribution is -2.49. The molecule has 2 atom stereocenters. The highest BCUT2D eigenvalue weighted by molar-refractivity contribution is 7.54. The Morgan fingerprint density at radius 3 is 2.04 bits per heavy atom. The molecule has 0 aromatic heterocycles. The Balaban J connectivity index is 3.64. The van der Waals surface area contributed by atoms with Crippen molar-refractivity contribution in [2.24, 2.45) is 5.92 Å². The molecule has 6 nitrogen and oxygen atoms in total. The van der Waals surface area contributed by atoms with Gasteiger partial charge in [-0.3, -0.25) is 9.59 Å². The lowest BCUT2D eigenvalue weighted by molar-refractivity contribution is -0.168. The van der Waals surface area contributed by atoms with Crippen LogP contribution in [0.4, 0.5) is 21.6 Å². The number of carboxylic acid groups (broad SMARTS) is 2. The maximum absolute atomic E-state index is 14.9. The highest BCUT2D eigenvalue weighted by Gasteiger charge is 2.74. The normalized spacial score (nSPS) is 16.0. The van der Waals surface area contributed by atoms with Crippen molar-refractivity contribution < 1.29 is 51.0 Å². The van der Waals surface area contributed by atoms with E-state index in [0.717, 1.165) is 12.1 Å². The van der Waals surface area contributed by atoms with E-state index in [-0.39, 0.29) is 0 Å². The van der Waals surface area contributed by atoms with Gasteiger partial charge in [0.2, 0.25) is 0 Å². The van der Waals surface area contributed by atoms with Gasteiger partial charge < -0.3 is 15.3 Å². The molecule has 0 aliphatic heterocycles. The molecular weight excluding hydrogens is 378 g/mol. The molecule has 0 aliphatic carbocycles. The summed E-state index contributed by atoms with van der Waals surface area (Å²) in [7, 11) is -7.47. The quantitative estimate of drug-likeness (QED) is 0.459. The van der Waals surface area contributed by atoms with Gasteiger partial charge >= 0.3 is 25.6 Å². The number of hydrogen-bond acceptors (Lipinski definition) is 4. The summed E-state index contributed by atoms with van der Waals surface area (Å²) >= 11 is 0. The van der Waals surface area contributed by atoms with Crippen LogP contribution in [-0.2, 0) is 20.1 Å². The zero-order chi connectivity index (χ0) is 19.6. The number of carbonyl (C=O) groups is 2. The fraction of sp³-hybridized carbons (Fsp3) is 0.385. The van der Waals surface area contributed by atoms with Crippen molar-refractivity contribution in [3.05, 3.63) is 29.8 Å². The van der Waals surface area contributed by atoms with Gasteiger partial charge in [-0.25, -0.2) is 8.96 Å². The van der Waals surface area contributed by atoms with Crippen LogP contribution < -0.4 is 0 Å². The van der Waals surface area contributed by atoms with Crippen LogP contribution in [0.2, 0.25) is 0 Å². The number of aliphatic carboxylic acids is 2. The Bertz CT molecular complexity index is 721. The van der Waals surface area contributed by atoms with Gasteiger partial charge in [0.1, 0.15) is 11.7 Å². The molecular formula is C13H12F5O6P. The van der Waals surface area contributed by atoms with Crippen molar-refractivity contribution in [2.75, 3.05) is 0 Å². The molecule has 1 aromatic carbocycles. The van der Waals surface area contributed by atoms with E-state index in [0.29, 0.717) is 12.1 Å². The molecule has 0 saturated carbocycles. The molecule has 0 saturated heterocycles. The molecule has 3 N–H and O–H groups in total. The number of phenols is 1. The molecule has 0 heterocycles. The van der Waals surface area contributed by atoms with E-state index in [2.05, 4.69) is 0 Å². The fourth-order valence-electron chi connectivity index (χ4n) is 2.24. The second-order valence-corrected chi connectivity index (χ2v) is 6.63. The summed E-state index contributed by atoms with van der Waals surface area (Å²) in [4.78, 5) is 21.6. The Morgan fingerprint density at radius 2 is 1.64 bits per heavy atom. The zero-order valence-electron chi connectivity index (χ0n) is 12.2. The molecule has 25 heavy (non-hydrogen) atoms. The first-order valence-corrected chi connectivity index (χ1v) is 8.05. The van der Waals surface area contributed by atoms with Gasteiger partial charge in [0.15, 0.2) is 0 Å². The summed E-state index contributed by atoms with van der Waals surface area (Å²) in [5, 5.41) is 21.3. The molecule has 1 aromatic rings. The van der Waals surface area contributed by atoms with E-state index < -0.39 is 61.1 Å². The topological polar surface area (TPSA) is 112 Å². The first-order valence-electron chi connectivity index (χ1n) is 6.56. The van der Waals surface area contributed by atoms with Gasteiger partial charge in [-0.1, -0.05) is 12.1 Å². The lowest BCUT2D eigenvalue weighted by Gasteiger charge is -2.36. The molecule has 0 fully saturated rings. The van der Waals surface area contributed by atoms with E-state index >= 15 is 0 Å². The maximum atomic E-state index is 14.9. The van der Waals surface area contributed by atoms with E-state index in [9.17, 15) is 40.8 Å². The second kappa shape index (κ2) is 6.99. The smallest absolute Gasteiger partial charge is 0.446 e. The van der Waals surface area contributed by atoms with Crippen LogP contribution in [-0.4, -0.2) is 32.7 Å². The minimum absolute atomic E-state index is 0.357. The van der Waals surface area contributed by atoms with E-state index in [1.54, 1.807) is 0 Å². The van der Waals surface area contributed by atoms with Gasteiger partial charge in [0.05, 0.1) is 5.56 Å². The van der Waals surface area contributed by atoms with Crippen LogP contribution in [0.5, 0.6) is 5.75 Å². The van der Waals surface area contributed by atoms with Crippen LogP contribution >= 0.6 is 7.76 Å². The van der Waals surface area contributed by atoms with Crippen molar-refractivity contribution in [1.29, 1.82) is 0 Å². The number of benzene rings is 1. The van der Waals surface area contributed by atoms with Gasteiger partial charge in [-0.05, 0) is 18.6 Å². The average molecular weight is 390 g/mol. The number of hydrogen-bond donors (Lipinski definition) is 3. The largest absolute Gasteiger partial charge is 0.507 e. The number of alkyl halides is 3. The summed E-state index contributed by atoms with van der Waals surface area (Å²) in [5.74, 6) is -14.3. The third-order valence-corrected chi connectivity index (χ3v) is 4.82. The van der Waals surface area contributed by atoms with Gasteiger partial charge in [0.25, 0.3) is 5.41 Å². The molecule has 0 bridgehead atoms. The van der Waals surface area contributed by atoms with Crippen LogP contribution in [0, 0.1) is 5.92 Å². The fourth-order valence-corrected chi connectivity index (χ4v) is 3.29. The number of aromatic hydroxyl groups is 1. The Morgan fingerprint density at radius 1 is 1.12 bits per heavy atom. The number of para-hydroxylation sites is 1. The summed E-state index contributed by atoms with van der Waals surface area (Å²) in [6, 6.07) is 2.81.